The first-order valence-corrected chi connectivity index (χ1v) is 9.68. The monoisotopic (exact) mass is 356 g/mol. The smallest absolute Gasteiger partial charge is 0.872 e. The van der Waals surface area contributed by atoms with Gasteiger partial charge in [-0.25, -0.2) is 4.79 Å². The van der Waals surface area contributed by atoms with E-state index in [1.54, 1.807) is 6.07 Å². The molecule has 1 rings (SSSR count). The second-order valence-corrected chi connectivity index (χ2v) is 6.77. The Morgan fingerprint density at radius 2 is 1.36 bits per heavy atom. The normalized spacial score (nSPS) is 10.4. The number of benzene rings is 1. The van der Waals surface area contributed by atoms with Crippen LogP contribution in [0.25, 0.3) is 0 Å². The van der Waals surface area contributed by atoms with Gasteiger partial charge in [-0.1, -0.05) is 95.4 Å². The van der Waals surface area contributed by atoms with Crippen molar-refractivity contribution in [1.82, 2.24) is 0 Å². The van der Waals surface area contributed by atoms with Gasteiger partial charge >= 0.3 is 35.5 Å². The van der Waals surface area contributed by atoms with Crippen LogP contribution >= 0.6 is 0 Å². The van der Waals surface area contributed by atoms with Crippen molar-refractivity contribution >= 4 is 5.97 Å². The van der Waals surface area contributed by atoms with Gasteiger partial charge in [-0.3, -0.25) is 0 Å². The standard InChI is InChI=1S/C21H34O3.Na/c1-2-3-4-5-6-7-8-9-10-11-12-13-14-18-15-16-19(21(23)24)20(22)17-18;/h15-17,22H,2-14H2,1H3,(H,23,24);/q;+1/p-1. The molecule has 0 unspecified atom stereocenters. The molecular formula is C21H33NaO3. The van der Waals surface area contributed by atoms with Gasteiger partial charge < -0.3 is 10.2 Å². The van der Waals surface area contributed by atoms with Crippen LogP contribution < -0.4 is 34.7 Å². The first-order valence-electron chi connectivity index (χ1n) is 9.68. The summed E-state index contributed by atoms with van der Waals surface area (Å²) in [6, 6.07) is 4.67. The van der Waals surface area contributed by atoms with E-state index in [4.69, 9.17) is 5.11 Å². The number of carbonyl (C=O) groups is 1. The summed E-state index contributed by atoms with van der Waals surface area (Å²) in [4.78, 5) is 10.8. The van der Waals surface area contributed by atoms with Crippen LogP contribution in [-0.4, -0.2) is 11.1 Å². The van der Waals surface area contributed by atoms with E-state index >= 15 is 0 Å². The molecular weight excluding hydrogens is 323 g/mol. The molecule has 1 aromatic carbocycles. The Morgan fingerprint density at radius 3 is 1.80 bits per heavy atom. The zero-order valence-electron chi connectivity index (χ0n) is 16.2. The third-order valence-electron chi connectivity index (χ3n) is 4.60. The molecule has 0 radical (unpaired) electrons. The van der Waals surface area contributed by atoms with Gasteiger partial charge in [-0.2, -0.15) is 0 Å². The van der Waals surface area contributed by atoms with Gasteiger partial charge in [0.05, 0.1) is 5.56 Å². The van der Waals surface area contributed by atoms with Gasteiger partial charge in [0.25, 0.3) is 0 Å². The Bertz CT molecular complexity index is 474. The SMILES string of the molecule is CCCCCCCCCCCCCCc1ccc(C(=O)O)c([O-])c1.[Na+]. The molecule has 136 valence electrons. The van der Waals surface area contributed by atoms with Crippen LogP contribution in [-0.2, 0) is 6.42 Å². The third kappa shape index (κ3) is 11.7. The Balaban J connectivity index is 0.00000576. The summed E-state index contributed by atoms with van der Waals surface area (Å²) >= 11 is 0. The van der Waals surface area contributed by atoms with Crippen LogP contribution in [0.3, 0.4) is 0 Å². The summed E-state index contributed by atoms with van der Waals surface area (Å²) in [7, 11) is 0. The van der Waals surface area contributed by atoms with Crippen molar-refractivity contribution in [3.05, 3.63) is 29.3 Å². The zero-order chi connectivity index (χ0) is 17.6. The van der Waals surface area contributed by atoms with Crippen LogP contribution in [0, 0.1) is 0 Å². The number of aromatic carboxylic acids is 1. The van der Waals surface area contributed by atoms with E-state index < -0.39 is 5.97 Å². The number of unbranched alkanes of at least 4 members (excludes halogenated alkanes) is 11. The van der Waals surface area contributed by atoms with E-state index in [9.17, 15) is 9.90 Å². The molecule has 0 amide bonds. The molecule has 25 heavy (non-hydrogen) atoms. The summed E-state index contributed by atoms with van der Waals surface area (Å²) < 4.78 is 0. The fraction of sp³-hybridized carbons (Fsp3) is 0.667. The van der Waals surface area contributed by atoms with Crippen molar-refractivity contribution in [2.75, 3.05) is 0 Å². The predicted octanol–water partition coefficient (Wildman–Crippen LogP) is 2.71. The van der Waals surface area contributed by atoms with E-state index in [1.807, 2.05) is 0 Å². The van der Waals surface area contributed by atoms with Crippen molar-refractivity contribution < 1.29 is 44.6 Å². The van der Waals surface area contributed by atoms with Crippen LogP contribution in [0.4, 0.5) is 0 Å². The Labute approximate surface area is 175 Å². The van der Waals surface area contributed by atoms with Crippen molar-refractivity contribution in [3.8, 4) is 5.75 Å². The van der Waals surface area contributed by atoms with Crippen molar-refractivity contribution in [2.24, 2.45) is 0 Å². The van der Waals surface area contributed by atoms with E-state index in [-0.39, 0.29) is 40.9 Å². The van der Waals surface area contributed by atoms with Gasteiger partial charge in [-0.15, -0.1) is 0 Å². The van der Waals surface area contributed by atoms with Crippen molar-refractivity contribution in [2.45, 2.75) is 90.4 Å². The Morgan fingerprint density at radius 1 is 0.880 bits per heavy atom. The molecule has 0 bridgehead atoms. The molecule has 0 atom stereocenters. The number of hydrogen-bond donors (Lipinski definition) is 1. The molecule has 0 fully saturated rings. The molecule has 3 nitrogen and oxygen atoms in total. The maximum absolute atomic E-state index is 11.6. The quantitative estimate of drug-likeness (QED) is 0.412. The zero-order valence-corrected chi connectivity index (χ0v) is 18.2. The first-order chi connectivity index (χ1) is 11.6. The molecule has 0 saturated heterocycles. The largest absolute Gasteiger partial charge is 1.00 e. The minimum absolute atomic E-state index is 0. The van der Waals surface area contributed by atoms with Crippen LogP contribution in [0.5, 0.6) is 5.75 Å². The van der Waals surface area contributed by atoms with E-state index in [0.717, 1.165) is 18.4 Å². The minimum Gasteiger partial charge on any atom is -0.872 e. The summed E-state index contributed by atoms with van der Waals surface area (Å²) in [5, 5.41) is 20.5. The van der Waals surface area contributed by atoms with E-state index in [0.29, 0.717) is 0 Å². The van der Waals surface area contributed by atoms with E-state index in [2.05, 4.69) is 6.92 Å². The average Bonchev–Trinajstić information content (AvgIpc) is 2.55. The van der Waals surface area contributed by atoms with E-state index in [1.165, 1.54) is 82.8 Å². The third-order valence-corrected chi connectivity index (χ3v) is 4.60. The fourth-order valence-electron chi connectivity index (χ4n) is 3.07. The van der Waals surface area contributed by atoms with Crippen LogP contribution in [0.2, 0.25) is 0 Å². The maximum Gasteiger partial charge on any atom is 1.00 e. The predicted molar refractivity (Wildman–Crippen MR) is 97.6 cm³/mol. The molecule has 1 N–H and O–H groups in total. The molecule has 0 aliphatic heterocycles. The number of hydrogen-bond acceptors (Lipinski definition) is 2. The molecule has 0 heterocycles. The summed E-state index contributed by atoms with van der Waals surface area (Å²) in [5.74, 6) is -1.52. The van der Waals surface area contributed by atoms with Gasteiger partial charge in [0.2, 0.25) is 0 Å². The van der Waals surface area contributed by atoms with Gasteiger partial charge in [0.1, 0.15) is 0 Å². The number of aryl methyl sites for hydroxylation is 1. The summed E-state index contributed by atoms with van der Waals surface area (Å²) in [6.07, 6.45) is 16.7. The first kappa shape index (κ1) is 24.5. The van der Waals surface area contributed by atoms with Gasteiger partial charge in [0.15, 0.2) is 0 Å². The second-order valence-electron chi connectivity index (χ2n) is 6.77. The number of carboxylic acids is 1. The fourth-order valence-corrected chi connectivity index (χ4v) is 3.07. The Hall–Kier alpha value is -0.510. The summed E-state index contributed by atoms with van der Waals surface area (Å²) in [5.41, 5.74) is 0.825. The molecule has 0 aliphatic rings. The molecule has 0 aromatic heterocycles. The molecule has 0 saturated carbocycles. The topological polar surface area (TPSA) is 60.4 Å². The minimum atomic E-state index is -1.14. The van der Waals surface area contributed by atoms with Gasteiger partial charge in [-0.05, 0) is 24.5 Å². The van der Waals surface area contributed by atoms with Crippen molar-refractivity contribution in [1.29, 1.82) is 0 Å². The van der Waals surface area contributed by atoms with Crippen LogP contribution in [0.1, 0.15) is 99.9 Å². The van der Waals surface area contributed by atoms with Crippen LogP contribution in [0.15, 0.2) is 18.2 Å². The number of rotatable bonds is 14. The number of carboxylic acid groups (broad SMARTS) is 1. The second kappa shape index (κ2) is 15.7. The molecule has 4 heteroatoms. The molecule has 0 aliphatic carbocycles. The molecule has 0 spiro atoms. The average molecular weight is 356 g/mol. The van der Waals surface area contributed by atoms with Gasteiger partial charge in [0, 0.05) is 0 Å². The maximum atomic E-state index is 11.6. The molecule has 1 aromatic rings. The summed E-state index contributed by atoms with van der Waals surface area (Å²) in [6.45, 7) is 2.25. The Kier molecular flexibility index (Phi) is 15.4. The van der Waals surface area contributed by atoms with Crippen molar-refractivity contribution in [3.63, 3.8) is 0 Å².